The topological polar surface area (TPSA) is 29.9 Å². The van der Waals surface area contributed by atoms with Crippen LogP contribution in [0.5, 0.6) is 0 Å². The standard InChI is InChI=1S/C14H27N3/c1-5-8-16-13(9-12(6-2)7-3)14-10-15-11-17(14)4/h10-13,16H,5-9H2,1-4H3. The maximum absolute atomic E-state index is 4.23. The van der Waals surface area contributed by atoms with Crippen molar-refractivity contribution in [2.75, 3.05) is 6.54 Å². The van der Waals surface area contributed by atoms with Gasteiger partial charge < -0.3 is 9.88 Å². The molecule has 3 heteroatoms. The number of imidazole rings is 1. The lowest BCUT2D eigenvalue weighted by Crippen LogP contribution is -2.26. The number of aryl methyl sites for hydroxylation is 1. The maximum atomic E-state index is 4.23. The fourth-order valence-corrected chi connectivity index (χ4v) is 2.29. The molecule has 1 unspecified atom stereocenters. The van der Waals surface area contributed by atoms with Gasteiger partial charge in [-0.2, -0.15) is 0 Å². The predicted octanol–water partition coefficient (Wildman–Crippen LogP) is 3.29. The minimum atomic E-state index is 0.451. The molecule has 0 spiro atoms. The van der Waals surface area contributed by atoms with Crippen LogP contribution < -0.4 is 5.32 Å². The first-order chi connectivity index (χ1) is 8.22. The van der Waals surface area contributed by atoms with Gasteiger partial charge in [-0.05, 0) is 25.3 Å². The minimum absolute atomic E-state index is 0.451. The van der Waals surface area contributed by atoms with Crippen LogP contribution in [0.15, 0.2) is 12.5 Å². The summed E-state index contributed by atoms with van der Waals surface area (Å²) in [6.07, 6.45) is 8.81. The Morgan fingerprint density at radius 2 is 2.00 bits per heavy atom. The van der Waals surface area contributed by atoms with Crippen molar-refractivity contribution in [2.45, 2.75) is 52.5 Å². The average Bonchev–Trinajstić information content (AvgIpc) is 2.76. The van der Waals surface area contributed by atoms with Gasteiger partial charge in [0.05, 0.1) is 12.0 Å². The predicted molar refractivity (Wildman–Crippen MR) is 72.9 cm³/mol. The van der Waals surface area contributed by atoms with Crippen LogP contribution in [-0.4, -0.2) is 16.1 Å². The van der Waals surface area contributed by atoms with E-state index < -0.39 is 0 Å². The molecule has 1 aromatic rings. The Balaban J connectivity index is 2.70. The third kappa shape index (κ3) is 4.15. The van der Waals surface area contributed by atoms with Crippen LogP contribution in [0.25, 0.3) is 0 Å². The highest BCUT2D eigenvalue weighted by Gasteiger charge is 2.17. The second-order valence-corrected chi connectivity index (χ2v) is 4.85. The second-order valence-electron chi connectivity index (χ2n) is 4.85. The molecule has 0 aliphatic carbocycles. The van der Waals surface area contributed by atoms with Crippen molar-refractivity contribution < 1.29 is 0 Å². The van der Waals surface area contributed by atoms with E-state index in [9.17, 15) is 0 Å². The summed E-state index contributed by atoms with van der Waals surface area (Å²) in [5.74, 6) is 0.805. The molecule has 0 aliphatic heterocycles. The normalized spacial score (nSPS) is 13.2. The van der Waals surface area contributed by atoms with E-state index in [1.54, 1.807) is 0 Å². The smallest absolute Gasteiger partial charge is 0.0946 e. The van der Waals surface area contributed by atoms with E-state index in [-0.39, 0.29) is 0 Å². The first-order valence-electron chi connectivity index (χ1n) is 6.92. The van der Waals surface area contributed by atoms with Gasteiger partial charge in [0.15, 0.2) is 0 Å². The zero-order valence-electron chi connectivity index (χ0n) is 11.7. The van der Waals surface area contributed by atoms with Gasteiger partial charge in [-0.25, -0.2) is 4.98 Å². The summed E-state index contributed by atoms with van der Waals surface area (Å²) in [7, 11) is 2.08. The first kappa shape index (κ1) is 14.2. The molecule has 1 atom stereocenters. The van der Waals surface area contributed by atoms with Gasteiger partial charge in [0.25, 0.3) is 0 Å². The molecule has 1 N–H and O–H groups in total. The van der Waals surface area contributed by atoms with Gasteiger partial charge in [-0.1, -0.05) is 33.6 Å². The number of aromatic nitrogens is 2. The molecule has 98 valence electrons. The van der Waals surface area contributed by atoms with E-state index in [0.717, 1.165) is 12.5 Å². The van der Waals surface area contributed by atoms with Crippen molar-refractivity contribution >= 4 is 0 Å². The molecule has 0 bridgehead atoms. The lowest BCUT2D eigenvalue weighted by atomic mass is 9.93. The molecule has 17 heavy (non-hydrogen) atoms. The Labute approximate surface area is 106 Å². The van der Waals surface area contributed by atoms with Gasteiger partial charge in [-0.15, -0.1) is 0 Å². The quantitative estimate of drug-likeness (QED) is 0.752. The molecule has 0 fully saturated rings. The lowest BCUT2D eigenvalue weighted by molar-refractivity contribution is 0.362. The molecule has 0 amide bonds. The highest BCUT2D eigenvalue weighted by molar-refractivity contribution is 5.05. The molecule has 0 aliphatic rings. The van der Waals surface area contributed by atoms with Crippen molar-refractivity contribution in [3.8, 4) is 0 Å². The van der Waals surface area contributed by atoms with E-state index in [1.165, 1.54) is 31.4 Å². The summed E-state index contributed by atoms with van der Waals surface area (Å²) in [4.78, 5) is 4.23. The van der Waals surface area contributed by atoms with Crippen LogP contribution in [-0.2, 0) is 7.05 Å². The fraction of sp³-hybridized carbons (Fsp3) is 0.786. The zero-order valence-corrected chi connectivity index (χ0v) is 11.7. The summed E-state index contributed by atoms with van der Waals surface area (Å²) in [5.41, 5.74) is 1.31. The Kier molecular flexibility index (Phi) is 6.27. The molecule has 0 saturated heterocycles. The number of nitrogens with zero attached hydrogens (tertiary/aromatic N) is 2. The molecule has 1 rings (SSSR count). The van der Waals surface area contributed by atoms with Gasteiger partial charge in [0.2, 0.25) is 0 Å². The van der Waals surface area contributed by atoms with E-state index in [1.807, 2.05) is 12.5 Å². The molecule has 1 aromatic heterocycles. The molecule has 0 radical (unpaired) electrons. The minimum Gasteiger partial charge on any atom is -0.336 e. The van der Waals surface area contributed by atoms with Crippen molar-refractivity contribution in [3.05, 3.63) is 18.2 Å². The third-order valence-corrected chi connectivity index (χ3v) is 3.58. The van der Waals surface area contributed by atoms with Crippen LogP contribution in [0, 0.1) is 5.92 Å². The van der Waals surface area contributed by atoms with Gasteiger partial charge in [0.1, 0.15) is 0 Å². The molecule has 0 aromatic carbocycles. The Bertz CT molecular complexity index is 302. The lowest BCUT2D eigenvalue weighted by Gasteiger charge is -2.23. The summed E-state index contributed by atoms with van der Waals surface area (Å²) in [5, 5.41) is 3.65. The van der Waals surface area contributed by atoms with Crippen LogP contribution in [0.4, 0.5) is 0 Å². The van der Waals surface area contributed by atoms with Gasteiger partial charge >= 0.3 is 0 Å². The summed E-state index contributed by atoms with van der Waals surface area (Å²) in [6, 6.07) is 0.451. The van der Waals surface area contributed by atoms with Crippen LogP contribution in [0.3, 0.4) is 0 Å². The van der Waals surface area contributed by atoms with Gasteiger partial charge in [-0.3, -0.25) is 0 Å². The Hall–Kier alpha value is -0.830. The number of hydrogen-bond donors (Lipinski definition) is 1. The molecule has 1 heterocycles. The zero-order chi connectivity index (χ0) is 12.7. The van der Waals surface area contributed by atoms with E-state index in [4.69, 9.17) is 0 Å². The van der Waals surface area contributed by atoms with Crippen molar-refractivity contribution in [1.82, 2.24) is 14.9 Å². The first-order valence-corrected chi connectivity index (χ1v) is 6.92. The van der Waals surface area contributed by atoms with Crippen molar-refractivity contribution in [3.63, 3.8) is 0 Å². The van der Waals surface area contributed by atoms with E-state index >= 15 is 0 Å². The Morgan fingerprint density at radius 1 is 1.29 bits per heavy atom. The average molecular weight is 237 g/mol. The van der Waals surface area contributed by atoms with Crippen LogP contribution in [0.1, 0.15) is 58.2 Å². The summed E-state index contributed by atoms with van der Waals surface area (Å²) < 4.78 is 2.13. The van der Waals surface area contributed by atoms with Crippen molar-refractivity contribution in [2.24, 2.45) is 13.0 Å². The maximum Gasteiger partial charge on any atom is 0.0946 e. The van der Waals surface area contributed by atoms with E-state index in [0.29, 0.717) is 6.04 Å². The SMILES string of the molecule is CCCNC(CC(CC)CC)c1cncn1C. The molecular formula is C14H27N3. The Morgan fingerprint density at radius 3 is 2.47 bits per heavy atom. The monoisotopic (exact) mass is 237 g/mol. The summed E-state index contributed by atoms with van der Waals surface area (Å²) >= 11 is 0. The molecular weight excluding hydrogens is 210 g/mol. The van der Waals surface area contributed by atoms with Gasteiger partial charge in [0, 0.05) is 19.3 Å². The van der Waals surface area contributed by atoms with Crippen molar-refractivity contribution in [1.29, 1.82) is 0 Å². The van der Waals surface area contributed by atoms with Crippen LogP contribution in [0.2, 0.25) is 0 Å². The van der Waals surface area contributed by atoms with Crippen LogP contribution >= 0.6 is 0 Å². The number of nitrogens with one attached hydrogen (secondary N) is 1. The molecule has 0 saturated carbocycles. The highest BCUT2D eigenvalue weighted by Crippen LogP contribution is 2.24. The largest absolute Gasteiger partial charge is 0.336 e. The molecule has 3 nitrogen and oxygen atoms in total. The third-order valence-electron chi connectivity index (χ3n) is 3.58. The summed E-state index contributed by atoms with van der Waals surface area (Å²) in [6.45, 7) is 7.86. The fourth-order valence-electron chi connectivity index (χ4n) is 2.29. The second kappa shape index (κ2) is 7.49. The van der Waals surface area contributed by atoms with E-state index in [2.05, 4.69) is 42.7 Å². The highest BCUT2D eigenvalue weighted by atomic mass is 15.1. The number of hydrogen-bond acceptors (Lipinski definition) is 2. The number of rotatable bonds is 8.